The summed E-state index contributed by atoms with van der Waals surface area (Å²) in [6.45, 7) is 1.13. The Labute approximate surface area is 240 Å². The average Bonchev–Trinajstić information content (AvgIpc) is 3.42. The Morgan fingerprint density at radius 1 is 0.854 bits per heavy atom. The molecule has 0 unspecified atom stereocenters. The highest BCUT2D eigenvalue weighted by Gasteiger charge is 2.39. The predicted octanol–water partition coefficient (Wildman–Crippen LogP) is 6.60. The molecule has 0 bridgehead atoms. The molecule has 0 spiro atoms. The third kappa shape index (κ3) is 7.01. The van der Waals surface area contributed by atoms with Crippen molar-refractivity contribution in [2.75, 3.05) is 33.7 Å². The molecule has 4 aromatic carbocycles. The van der Waals surface area contributed by atoms with Crippen LogP contribution in [0.1, 0.15) is 35.1 Å². The molecule has 210 valence electrons. The Morgan fingerprint density at radius 3 is 2.29 bits per heavy atom. The van der Waals surface area contributed by atoms with Crippen LogP contribution in [-0.2, 0) is 19.0 Å². The Hall–Kier alpha value is -4.46. The van der Waals surface area contributed by atoms with Gasteiger partial charge >= 0.3 is 6.09 Å². The molecule has 1 fully saturated rings. The fourth-order valence-electron chi connectivity index (χ4n) is 4.99. The van der Waals surface area contributed by atoms with Crippen LogP contribution < -0.4 is 4.74 Å². The Kier molecular flexibility index (Phi) is 9.41. The Morgan fingerprint density at radius 2 is 1.56 bits per heavy atom. The van der Waals surface area contributed by atoms with Crippen molar-refractivity contribution in [3.63, 3.8) is 0 Å². The van der Waals surface area contributed by atoms with Gasteiger partial charge in [0.05, 0.1) is 13.2 Å². The number of hydrogen-bond donors (Lipinski definition) is 0. The van der Waals surface area contributed by atoms with Crippen molar-refractivity contribution in [1.29, 1.82) is 0 Å². The molecule has 0 radical (unpaired) electrons. The summed E-state index contributed by atoms with van der Waals surface area (Å²) in [5.41, 5.74) is 4.90. The molecule has 1 saturated heterocycles. The van der Waals surface area contributed by atoms with E-state index in [9.17, 15) is 9.59 Å². The largest absolute Gasteiger partial charge is 0.468 e. The maximum atomic E-state index is 13.8. The second-order valence-corrected chi connectivity index (χ2v) is 9.75. The fourth-order valence-corrected chi connectivity index (χ4v) is 4.99. The molecule has 0 saturated carbocycles. The predicted molar refractivity (Wildman–Crippen MR) is 155 cm³/mol. The number of rotatable bonds is 12. The van der Waals surface area contributed by atoms with Gasteiger partial charge in [0.15, 0.2) is 6.79 Å². The van der Waals surface area contributed by atoms with Crippen molar-refractivity contribution in [2.24, 2.45) is 0 Å². The Bertz CT molecular complexity index is 1420. The second kappa shape index (κ2) is 13.7. The van der Waals surface area contributed by atoms with E-state index in [4.69, 9.17) is 18.9 Å². The fraction of sp³-hybridized carbons (Fsp3) is 0.235. The summed E-state index contributed by atoms with van der Waals surface area (Å²) >= 11 is 0. The van der Waals surface area contributed by atoms with Gasteiger partial charge in [-0.1, -0.05) is 97.1 Å². The average molecular weight is 552 g/mol. The van der Waals surface area contributed by atoms with Crippen LogP contribution in [0.4, 0.5) is 4.79 Å². The van der Waals surface area contributed by atoms with Gasteiger partial charge in [-0.2, -0.15) is 0 Å². The topological polar surface area (TPSA) is 74.3 Å². The molecule has 7 heteroatoms. The lowest BCUT2D eigenvalue weighted by molar-refractivity contribution is -0.129. The van der Waals surface area contributed by atoms with Gasteiger partial charge in [0.2, 0.25) is 5.91 Å². The van der Waals surface area contributed by atoms with E-state index < -0.39 is 12.1 Å². The van der Waals surface area contributed by atoms with Crippen LogP contribution >= 0.6 is 0 Å². The van der Waals surface area contributed by atoms with E-state index in [0.717, 1.165) is 27.8 Å². The molecule has 0 aromatic heterocycles. The van der Waals surface area contributed by atoms with Crippen LogP contribution in [0.3, 0.4) is 0 Å². The molecular weight excluding hydrogens is 518 g/mol. The van der Waals surface area contributed by atoms with Crippen LogP contribution in [0.15, 0.2) is 109 Å². The van der Waals surface area contributed by atoms with Crippen molar-refractivity contribution < 1.29 is 28.5 Å². The number of methoxy groups -OCH3 is 1. The highest BCUT2D eigenvalue weighted by Crippen LogP contribution is 2.35. The number of carbonyl (C=O) groups excluding carboxylic acids is 2. The van der Waals surface area contributed by atoms with Crippen molar-refractivity contribution in [2.45, 2.75) is 18.4 Å². The summed E-state index contributed by atoms with van der Waals surface area (Å²) in [6, 6.07) is 35.0. The first-order valence-electron chi connectivity index (χ1n) is 13.6. The third-order valence-electron chi connectivity index (χ3n) is 7.13. The van der Waals surface area contributed by atoms with Gasteiger partial charge in [0.1, 0.15) is 18.4 Å². The lowest BCUT2D eigenvalue weighted by Gasteiger charge is -2.24. The Balaban J connectivity index is 1.42. The van der Waals surface area contributed by atoms with E-state index in [0.29, 0.717) is 19.0 Å². The quantitative estimate of drug-likeness (QED) is 0.146. The number of amides is 2. The molecule has 7 nitrogen and oxygen atoms in total. The number of cyclic esters (lactones) is 1. The lowest BCUT2D eigenvalue weighted by atomic mass is 9.87. The number of imide groups is 1. The first-order valence-corrected chi connectivity index (χ1v) is 13.6. The van der Waals surface area contributed by atoms with Crippen molar-refractivity contribution >= 4 is 12.0 Å². The van der Waals surface area contributed by atoms with E-state index in [2.05, 4.69) is 24.3 Å². The first-order chi connectivity index (χ1) is 20.1. The van der Waals surface area contributed by atoms with Gasteiger partial charge in [-0.25, -0.2) is 9.69 Å². The van der Waals surface area contributed by atoms with E-state index >= 15 is 0 Å². The van der Waals surface area contributed by atoms with E-state index in [-0.39, 0.29) is 31.6 Å². The summed E-state index contributed by atoms with van der Waals surface area (Å²) in [4.78, 5) is 27.8. The molecule has 4 aromatic rings. The van der Waals surface area contributed by atoms with Crippen molar-refractivity contribution in [1.82, 2.24) is 4.90 Å². The molecule has 5 rings (SSSR count). The molecule has 0 N–H and O–H groups in total. The SMILES string of the molecule is COCCOCOc1cccc([C@H](CC(=O)N2C(=O)OC[C@H]2c2ccccc2)c2ccc(-c3ccccc3)cc2)c1. The minimum atomic E-state index is -0.618. The van der Waals surface area contributed by atoms with E-state index in [1.165, 1.54) is 4.90 Å². The summed E-state index contributed by atoms with van der Waals surface area (Å²) in [7, 11) is 1.62. The van der Waals surface area contributed by atoms with E-state index in [1.54, 1.807) is 7.11 Å². The number of hydrogen-bond acceptors (Lipinski definition) is 6. The lowest BCUT2D eigenvalue weighted by Crippen LogP contribution is -2.35. The molecule has 1 heterocycles. The summed E-state index contributed by atoms with van der Waals surface area (Å²) in [6.07, 6.45) is -0.538. The molecule has 1 aliphatic rings. The molecule has 0 aliphatic carbocycles. The highest BCUT2D eigenvalue weighted by atomic mass is 16.7. The minimum Gasteiger partial charge on any atom is -0.468 e. The van der Waals surface area contributed by atoms with E-state index in [1.807, 2.05) is 84.9 Å². The van der Waals surface area contributed by atoms with Gasteiger partial charge < -0.3 is 18.9 Å². The summed E-state index contributed by atoms with van der Waals surface area (Å²) in [5.74, 6) is 0.00355. The molecule has 1 aliphatic heterocycles. The van der Waals surface area contributed by atoms with Crippen LogP contribution in [0.25, 0.3) is 11.1 Å². The van der Waals surface area contributed by atoms with Gasteiger partial charge in [0.25, 0.3) is 0 Å². The maximum absolute atomic E-state index is 13.8. The maximum Gasteiger partial charge on any atom is 0.417 e. The number of nitrogens with zero attached hydrogens (tertiary/aromatic N) is 1. The summed E-state index contributed by atoms with van der Waals surface area (Å²) in [5, 5.41) is 0. The zero-order valence-corrected chi connectivity index (χ0v) is 23.0. The van der Waals surface area contributed by atoms with Crippen LogP contribution in [0.2, 0.25) is 0 Å². The number of carbonyl (C=O) groups is 2. The smallest absolute Gasteiger partial charge is 0.417 e. The zero-order chi connectivity index (χ0) is 28.4. The minimum absolute atomic E-state index is 0.0803. The van der Waals surface area contributed by atoms with Gasteiger partial charge in [0, 0.05) is 19.4 Å². The third-order valence-corrected chi connectivity index (χ3v) is 7.13. The second-order valence-electron chi connectivity index (χ2n) is 9.75. The number of benzene rings is 4. The van der Waals surface area contributed by atoms with Crippen LogP contribution in [0.5, 0.6) is 5.75 Å². The monoisotopic (exact) mass is 551 g/mol. The van der Waals surface area contributed by atoms with Crippen molar-refractivity contribution in [3.8, 4) is 16.9 Å². The molecule has 41 heavy (non-hydrogen) atoms. The van der Waals surface area contributed by atoms with Gasteiger partial charge in [-0.3, -0.25) is 4.79 Å². The standard InChI is InChI=1S/C34H33NO6/c1-38-19-20-39-24-41-30-14-8-13-29(21-30)31(27-17-15-26(16-18-27)25-9-4-2-5-10-25)22-33(36)35-32(23-40-34(35)37)28-11-6-3-7-12-28/h2-18,21,31-32H,19-20,22-24H2,1H3/t31-,32+/m1/s1. The van der Waals surface area contributed by atoms with Gasteiger partial charge in [-0.15, -0.1) is 0 Å². The molecule has 2 amide bonds. The van der Waals surface area contributed by atoms with Crippen molar-refractivity contribution in [3.05, 3.63) is 126 Å². The normalized spacial score (nSPS) is 15.4. The molecule has 2 atom stereocenters. The molecular formula is C34H33NO6. The zero-order valence-electron chi connectivity index (χ0n) is 23.0. The number of ether oxygens (including phenoxy) is 4. The first kappa shape index (κ1) is 28.1. The summed E-state index contributed by atoms with van der Waals surface area (Å²) < 4.78 is 21.6. The highest BCUT2D eigenvalue weighted by molar-refractivity contribution is 5.94. The van der Waals surface area contributed by atoms with Crippen LogP contribution in [0, 0.1) is 0 Å². The van der Waals surface area contributed by atoms with Crippen LogP contribution in [-0.4, -0.2) is 50.6 Å². The van der Waals surface area contributed by atoms with Gasteiger partial charge in [-0.05, 0) is 39.9 Å².